The monoisotopic (exact) mass is 448 g/mol. The van der Waals surface area contributed by atoms with Crippen molar-refractivity contribution in [2.24, 2.45) is 10.9 Å². The fraction of sp³-hybridized carbons (Fsp3) is 0.346. The van der Waals surface area contributed by atoms with E-state index >= 15 is 0 Å². The standard InChI is InChI=1S/C26H25ClN2O3/c1-4-32-23-10-7-17(13-24(23)31-3)25-20(14-28)15(2)29-21-11-18(12-22(30)26(21)25)16-5-8-19(27)9-6-16/h5-10,13,18,20,25H,4,11-12H2,1-3H3/t18-,20?,25-/m0/s1. The molecule has 0 amide bonds. The van der Waals surface area contributed by atoms with Crippen molar-refractivity contribution < 1.29 is 14.3 Å². The van der Waals surface area contributed by atoms with Crippen LogP contribution in [-0.4, -0.2) is 25.2 Å². The molecule has 6 heteroatoms. The third kappa shape index (κ3) is 4.03. The second-order valence-electron chi connectivity index (χ2n) is 8.12. The quantitative estimate of drug-likeness (QED) is 0.575. The zero-order valence-electron chi connectivity index (χ0n) is 18.4. The lowest BCUT2D eigenvalue weighted by Gasteiger charge is -2.35. The van der Waals surface area contributed by atoms with Gasteiger partial charge in [0, 0.05) is 34.3 Å². The van der Waals surface area contributed by atoms with Crippen LogP contribution in [0.4, 0.5) is 0 Å². The molecule has 1 aliphatic heterocycles. The predicted octanol–water partition coefficient (Wildman–Crippen LogP) is 5.85. The van der Waals surface area contributed by atoms with Gasteiger partial charge in [-0.15, -0.1) is 0 Å². The molecule has 0 aromatic heterocycles. The maximum atomic E-state index is 13.4. The Balaban J connectivity index is 1.77. The molecule has 1 unspecified atom stereocenters. The van der Waals surface area contributed by atoms with Gasteiger partial charge in [0.2, 0.25) is 0 Å². The Morgan fingerprint density at radius 3 is 2.50 bits per heavy atom. The molecule has 1 aliphatic carbocycles. The summed E-state index contributed by atoms with van der Waals surface area (Å²) in [6, 6.07) is 15.7. The molecule has 2 aliphatic rings. The topological polar surface area (TPSA) is 71.7 Å². The van der Waals surface area contributed by atoms with E-state index in [4.69, 9.17) is 26.1 Å². The number of methoxy groups -OCH3 is 1. The van der Waals surface area contributed by atoms with Crippen LogP contribution < -0.4 is 9.47 Å². The number of rotatable bonds is 5. The molecule has 1 heterocycles. The van der Waals surface area contributed by atoms with Gasteiger partial charge >= 0.3 is 0 Å². The first kappa shape index (κ1) is 22.1. The summed E-state index contributed by atoms with van der Waals surface area (Å²) in [6.45, 7) is 4.30. The lowest BCUT2D eigenvalue weighted by Crippen LogP contribution is -2.32. The van der Waals surface area contributed by atoms with Crippen LogP contribution in [0.2, 0.25) is 5.02 Å². The number of halogens is 1. The first-order valence-electron chi connectivity index (χ1n) is 10.7. The molecule has 0 saturated heterocycles. The number of carbonyl (C=O) groups is 1. The van der Waals surface area contributed by atoms with Gasteiger partial charge in [-0.2, -0.15) is 5.26 Å². The Morgan fingerprint density at radius 2 is 1.84 bits per heavy atom. The lowest BCUT2D eigenvalue weighted by molar-refractivity contribution is -0.116. The highest BCUT2D eigenvalue weighted by Crippen LogP contribution is 2.47. The largest absolute Gasteiger partial charge is 0.493 e. The van der Waals surface area contributed by atoms with Gasteiger partial charge in [-0.05, 0) is 61.6 Å². The number of hydrogen-bond acceptors (Lipinski definition) is 5. The average molecular weight is 449 g/mol. The van der Waals surface area contributed by atoms with Crippen LogP contribution >= 0.6 is 11.6 Å². The van der Waals surface area contributed by atoms with E-state index in [0.717, 1.165) is 22.5 Å². The van der Waals surface area contributed by atoms with Gasteiger partial charge in [0.05, 0.1) is 25.7 Å². The van der Waals surface area contributed by atoms with Crippen LogP contribution in [0, 0.1) is 17.2 Å². The Bertz CT molecular complexity index is 1140. The van der Waals surface area contributed by atoms with Gasteiger partial charge in [0.1, 0.15) is 0 Å². The van der Waals surface area contributed by atoms with E-state index in [-0.39, 0.29) is 17.6 Å². The van der Waals surface area contributed by atoms with Crippen LogP contribution in [0.1, 0.15) is 49.7 Å². The van der Waals surface area contributed by atoms with Gasteiger partial charge in [-0.1, -0.05) is 29.8 Å². The summed E-state index contributed by atoms with van der Waals surface area (Å²) in [7, 11) is 1.59. The van der Waals surface area contributed by atoms with E-state index in [2.05, 4.69) is 6.07 Å². The van der Waals surface area contributed by atoms with Crippen LogP contribution in [-0.2, 0) is 4.79 Å². The number of ether oxygens (including phenoxy) is 2. The zero-order valence-corrected chi connectivity index (χ0v) is 19.1. The molecule has 0 fully saturated rings. The summed E-state index contributed by atoms with van der Waals surface area (Å²) in [4.78, 5) is 18.2. The number of ketones is 1. The molecule has 0 N–H and O–H groups in total. The SMILES string of the molecule is CCOc1ccc([C@@H]2C3=C(C[C@H](c4ccc(Cl)cc4)CC3=O)N=C(C)C2C#N)cc1OC. The van der Waals surface area contributed by atoms with Crippen molar-refractivity contribution in [3.8, 4) is 17.6 Å². The Labute approximate surface area is 193 Å². The second-order valence-corrected chi connectivity index (χ2v) is 8.56. The van der Waals surface area contributed by atoms with Gasteiger partial charge in [-0.25, -0.2) is 0 Å². The van der Waals surface area contributed by atoms with E-state index in [0.29, 0.717) is 41.5 Å². The molecule has 0 bridgehead atoms. The number of nitrogens with zero attached hydrogens (tertiary/aromatic N) is 2. The zero-order chi connectivity index (χ0) is 22.8. The fourth-order valence-corrected chi connectivity index (χ4v) is 4.84. The number of aliphatic imine (C=N–C) groups is 1. The number of carbonyl (C=O) groups excluding carboxylic acids is 1. The molecule has 0 radical (unpaired) electrons. The number of nitriles is 1. The molecule has 164 valence electrons. The summed E-state index contributed by atoms with van der Waals surface area (Å²) in [5.74, 6) is 0.430. The van der Waals surface area contributed by atoms with Crippen molar-refractivity contribution >= 4 is 23.1 Å². The van der Waals surface area contributed by atoms with Crippen LogP contribution in [0.5, 0.6) is 11.5 Å². The fourth-order valence-electron chi connectivity index (χ4n) is 4.71. The van der Waals surface area contributed by atoms with Crippen molar-refractivity contribution in [2.45, 2.75) is 38.5 Å². The lowest BCUT2D eigenvalue weighted by atomic mass is 9.69. The first-order valence-corrected chi connectivity index (χ1v) is 11.1. The maximum Gasteiger partial charge on any atom is 0.161 e. The predicted molar refractivity (Wildman–Crippen MR) is 125 cm³/mol. The highest BCUT2D eigenvalue weighted by Gasteiger charge is 2.41. The third-order valence-corrected chi connectivity index (χ3v) is 6.47. The Morgan fingerprint density at radius 1 is 1.12 bits per heavy atom. The summed E-state index contributed by atoms with van der Waals surface area (Å²) in [5.41, 5.74) is 4.09. The van der Waals surface area contributed by atoms with Crippen molar-refractivity contribution in [2.75, 3.05) is 13.7 Å². The van der Waals surface area contributed by atoms with E-state index in [1.165, 1.54) is 0 Å². The van der Waals surface area contributed by atoms with Crippen molar-refractivity contribution in [1.82, 2.24) is 0 Å². The van der Waals surface area contributed by atoms with E-state index in [1.807, 2.05) is 56.3 Å². The molecule has 3 atom stereocenters. The molecule has 0 saturated carbocycles. The summed E-state index contributed by atoms with van der Waals surface area (Å²) >= 11 is 6.04. The summed E-state index contributed by atoms with van der Waals surface area (Å²) < 4.78 is 11.2. The summed E-state index contributed by atoms with van der Waals surface area (Å²) in [6.07, 6.45) is 1.04. The normalized spacial score (nSPS) is 22.7. The molecular weight excluding hydrogens is 424 g/mol. The highest BCUT2D eigenvalue weighted by molar-refractivity contribution is 6.30. The van der Waals surface area contributed by atoms with Crippen molar-refractivity contribution in [3.05, 3.63) is 69.9 Å². The third-order valence-electron chi connectivity index (χ3n) is 6.22. The van der Waals surface area contributed by atoms with Gasteiger partial charge in [0.25, 0.3) is 0 Å². The van der Waals surface area contributed by atoms with Crippen molar-refractivity contribution in [3.63, 3.8) is 0 Å². The van der Waals surface area contributed by atoms with E-state index < -0.39 is 5.92 Å². The molecule has 4 rings (SSSR count). The molecule has 2 aromatic rings. The number of hydrogen-bond donors (Lipinski definition) is 0. The van der Waals surface area contributed by atoms with Crippen molar-refractivity contribution in [1.29, 1.82) is 5.26 Å². The Kier molecular flexibility index (Phi) is 6.34. The first-order chi connectivity index (χ1) is 15.5. The van der Waals surface area contributed by atoms with Gasteiger partial charge in [0.15, 0.2) is 17.3 Å². The summed E-state index contributed by atoms with van der Waals surface area (Å²) in [5, 5.41) is 10.6. The van der Waals surface area contributed by atoms with Crippen LogP contribution in [0.3, 0.4) is 0 Å². The number of benzene rings is 2. The highest BCUT2D eigenvalue weighted by atomic mass is 35.5. The smallest absolute Gasteiger partial charge is 0.161 e. The van der Waals surface area contributed by atoms with E-state index in [9.17, 15) is 10.1 Å². The minimum Gasteiger partial charge on any atom is -0.493 e. The molecular formula is C26H25ClN2O3. The maximum absolute atomic E-state index is 13.4. The minimum absolute atomic E-state index is 0.0422. The second kappa shape index (κ2) is 9.18. The average Bonchev–Trinajstić information content (AvgIpc) is 2.79. The van der Waals surface area contributed by atoms with Crippen LogP contribution in [0.15, 0.2) is 58.7 Å². The minimum atomic E-state index is -0.507. The van der Waals surface area contributed by atoms with Gasteiger partial charge < -0.3 is 9.47 Å². The number of allylic oxidation sites excluding steroid dienone is 2. The number of Topliss-reactive ketones (excluding diaryl/α,β-unsaturated/α-hetero) is 1. The Hall–Kier alpha value is -3.10. The molecule has 2 aromatic carbocycles. The van der Waals surface area contributed by atoms with Gasteiger partial charge in [-0.3, -0.25) is 9.79 Å². The van der Waals surface area contributed by atoms with E-state index in [1.54, 1.807) is 7.11 Å². The molecule has 0 spiro atoms. The molecule has 32 heavy (non-hydrogen) atoms. The van der Waals surface area contributed by atoms with Crippen LogP contribution in [0.25, 0.3) is 0 Å². The molecule has 5 nitrogen and oxygen atoms in total.